The standard InChI is InChI=1S/C12H21N3O3S/c1-8-5-11(14-13)6-9(2)12(8)19(17,18)15(4)7-10(3)16/h5-6,10,14,16H,7,13H2,1-4H3. The molecule has 0 amide bonds. The minimum atomic E-state index is -3.62. The number of hydrogen-bond acceptors (Lipinski definition) is 5. The van der Waals surface area contributed by atoms with Gasteiger partial charge in [0.05, 0.1) is 11.0 Å². The Kier molecular flexibility index (Phi) is 4.92. The van der Waals surface area contributed by atoms with Crippen LogP contribution in [0.5, 0.6) is 0 Å². The lowest BCUT2D eigenvalue weighted by molar-refractivity contribution is 0.171. The molecule has 0 heterocycles. The molecule has 4 N–H and O–H groups in total. The van der Waals surface area contributed by atoms with Crippen molar-refractivity contribution in [2.45, 2.75) is 31.8 Å². The molecule has 108 valence electrons. The second-order valence-electron chi connectivity index (χ2n) is 4.72. The van der Waals surface area contributed by atoms with Crippen molar-refractivity contribution in [3.63, 3.8) is 0 Å². The number of nitrogens with one attached hydrogen (secondary N) is 1. The summed E-state index contributed by atoms with van der Waals surface area (Å²) in [7, 11) is -2.16. The van der Waals surface area contributed by atoms with E-state index < -0.39 is 16.1 Å². The van der Waals surface area contributed by atoms with Crippen LogP contribution >= 0.6 is 0 Å². The van der Waals surface area contributed by atoms with E-state index in [1.54, 1.807) is 32.9 Å². The Morgan fingerprint density at radius 3 is 2.21 bits per heavy atom. The van der Waals surface area contributed by atoms with Crippen LogP contribution in [0.2, 0.25) is 0 Å². The number of nitrogens with two attached hydrogens (primary N) is 1. The molecule has 1 rings (SSSR count). The van der Waals surface area contributed by atoms with Gasteiger partial charge in [0.1, 0.15) is 0 Å². The summed E-state index contributed by atoms with van der Waals surface area (Å²) in [5.41, 5.74) is 4.39. The highest BCUT2D eigenvalue weighted by Gasteiger charge is 2.25. The van der Waals surface area contributed by atoms with E-state index in [0.29, 0.717) is 16.8 Å². The predicted molar refractivity (Wildman–Crippen MR) is 75.2 cm³/mol. The van der Waals surface area contributed by atoms with Crippen molar-refractivity contribution >= 4 is 15.7 Å². The molecule has 0 aliphatic heterocycles. The van der Waals surface area contributed by atoms with E-state index in [1.165, 1.54) is 7.05 Å². The molecule has 0 aromatic heterocycles. The summed E-state index contributed by atoms with van der Waals surface area (Å²) >= 11 is 0. The third-order valence-corrected chi connectivity index (χ3v) is 4.95. The number of hydrogen-bond donors (Lipinski definition) is 3. The number of nitrogens with zero attached hydrogens (tertiary/aromatic N) is 1. The van der Waals surface area contributed by atoms with E-state index in [4.69, 9.17) is 5.84 Å². The van der Waals surface area contributed by atoms with Crippen LogP contribution < -0.4 is 11.3 Å². The highest BCUT2D eigenvalue weighted by Crippen LogP contribution is 2.26. The molecule has 0 aliphatic rings. The molecule has 1 unspecified atom stereocenters. The highest BCUT2D eigenvalue weighted by molar-refractivity contribution is 7.89. The van der Waals surface area contributed by atoms with E-state index in [9.17, 15) is 13.5 Å². The van der Waals surface area contributed by atoms with Gasteiger partial charge in [0.2, 0.25) is 10.0 Å². The first-order valence-electron chi connectivity index (χ1n) is 5.92. The Labute approximate surface area is 114 Å². The average molecular weight is 287 g/mol. The van der Waals surface area contributed by atoms with Gasteiger partial charge in [-0.15, -0.1) is 0 Å². The normalized spacial score (nSPS) is 13.6. The molecule has 19 heavy (non-hydrogen) atoms. The van der Waals surface area contributed by atoms with Gasteiger partial charge >= 0.3 is 0 Å². The first-order valence-corrected chi connectivity index (χ1v) is 7.36. The van der Waals surface area contributed by atoms with Crippen LogP contribution in [0.1, 0.15) is 18.1 Å². The Hall–Kier alpha value is -1.15. The van der Waals surface area contributed by atoms with Gasteiger partial charge in [-0.2, -0.15) is 4.31 Å². The van der Waals surface area contributed by atoms with Crippen LogP contribution in [0.25, 0.3) is 0 Å². The number of rotatable bonds is 5. The molecule has 0 spiro atoms. The fraction of sp³-hybridized carbons (Fsp3) is 0.500. The van der Waals surface area contributed by atoms with Gasteiger partial charge in [0.15, 0.2) is 0 Å². The zero-order valence-corrected chi connectivity index (χ0v) is 12.5. The predicted octanol–water partition coefficient (Wildman–Crippen LogP) is 0.590. The van der Waals surface area contributed by atoms with Gasteiger partial charge in [-0.1, -0.05) is 0 Å². The van der Waals surface area contributed by atoms with Crippen molar-refractivity contribution in [2.24, 2.45) is 5.84 Å². The van der Waals surface area contributed by atoms with E-state index in [0.717, 1.165) is 4.31 Å². The zero-order valence-electron chi connectivity index (χ0n) is 11.6. The molecule has 6 nitrogen and oxygen atoms in total. The number of benzene rings is 1. The van der Waals surface area contributed by atoms with Crippen LogP contribution in [0.15, 0.2) is 17.0 Å². The summed E-state index contributed by atoms with van der Waals surface area (Å²) in [6, 6.07) is 3.35. The lowest BCUT2D eigenvalue weighted by atomic mass is 10.1. The molecule has 1 aromatic rings. The number of anilines is 1. The molecule has 0 bridgehead atoms. The quantitative estimate of drug-likeness (QED) is 0.544. The maximum absolute atomic E-state index is 12.5. The summed E-state index contributed by atoms with van der Waals surface area (Å²) in [6.45, 7) is 5.04. The number of likely N-dealkylation sites (N-methyl/N-ethyl adjacent to an activating group) is 1. The van der Waals surface area contributed by atoms with Crippen molar-refractivity contribution in [1.82, 2.24) is 4.31 Å². The van der Waals surface area contributed by atoms with Crippen LogP contribution in [-0.2, 0) is 10.0 Å². The Bertz CT molecular complexity index is 532. The molecule has 1 aromatic carbocycles. The molecule has 7 heteroatoms. The lowest BCUT2D eigenvalue weighted by Crippen LogP contribution is -2.34. The van der Waals surface area contributed by atoms with Crippen molar-refractivity contribution in [1.29, 1.82) is 0 Å². The maximum Gasteiger partial charge on any atom is 0.243 e. The fourth-order valence-electron chi connectivity index (χ4n) is 2.07. The molecule has 0 saturated heterocycles. The van der Waals surface area contributed by atoms with E-state index in [1.807, 2.05) is 0 Å². The topological polar surface area (TPSA) is 95.7 Å². The van der Waals surface area contributed by atoms with Crippen LogP contribution in [0.3, 0.4) is 0 Å². The number of hydrazine groups is 1. The van der Waals surface area contributed by atoms with Gasteiger partial charge in [0.25, 0.3) is 0 Å². The van der Waals surface area contributed by atoms with Gasteiger partial charge in [-0.25, -0.2) is 8.42 Å². The van der Waals surface area contributed by atoms with Gasteiger partial charge in [0, 0.05) is 19.3 Å². The second-order valence-corrected chi connectivity index (χ2v) is 6.70. The Balaban J connectivity index is 3.29. The molecular formula is C12H21N3O3S. The number of sulfonamides is 1. The first-order chi connectivity index (χ1) is 8.70. The number of nitrogen functional groups attached to an aromatic ring is 1. The molecule has 0 aliphatic carbocycles. The van der Waals surface area contributed by atoms with Crippen LogP contribution in [-0.4, -0.2) is 37.5 Å². The minimum absolute atomic E-state index is 0.0537. The average Bonchev–Trinajstić information content (AvgIpc) is 2.26. The summed E-state index contributed by atoms with van der Waals surface area (Å²) in [6.07, 6.45) is -0.717. The van der Waals surface area contributed by atoms with Crippen LogP contribution in [0, 0.1) is 13.8 Å². The highest BCUT2D eigenvalue weighted by atomic mass is 32.2. The van der Waals surface area contributed by atoms with Gasteiger partial charge < -0.3 is 10.5 Å². The largest absolute Gasteiger partial charge is 0.392 e. The maximum atomic E-state index is 12.5. The van der Waals surface area contributed by atoms with Crippen molar-refractivity contribution < 1.29 is 13.5 Å². The van der Waals surface area contributed by atoms with Crippen molar-refractivity contribution in [3.8, 4) is 0 Å². The molecular weight excluding hydrogens is 266 g/mol. The Morgan fingerprint density at radius 2 is 1.84 bits per heavy atom. The summed E-state index contributed by atoms with van der Waals surface area (Å²) in [5.74, 6) is 5.33. The molecule has 0 fully saturated rings. The molecule has 0 radical (unpaired) electrons. The summed E-state index contributed by atoms with van der Waals surface area (Å²) in [4.78, 5) is 0.259. The number of aryl methyl sites for hydroxylation is 2. The molecule has 0 saturated carbocycles. The van der Waals surface area contributed by atoms with Gasteiger partial charge in [-0.05, 0) is 44.0 Å². The summed E-state index contributed by atoms with van der Waals surface area (Å²) in [5, 5.41) is 9.32. The zero-order chi connectivity index (χ0) is 14.8. The Morgan fingerprint density at radius 1 is 1.37 bits per heavy atom. The van der Waals surface area contributed by atoms with Crippen LogP contribution in [0.4, 0.5) is 5.69 Å². The van der Waals surface area contributed by atoms with Gasteiger partial charge in [-0.3, -0.25) is 5.84 Å². The molecule has 1 atom stereocenters. The number of aliphatic hydroxyl groups is 1. The monoisotopic (exact) mass is 287 g/mol. The number of aliphatic hydroxyl groups excluding tert-OH is 1. The summed E-state index contributed by atoms with van der Waals surface area (Å²) < 4.78 is 26.1. The SMILES string of the molecule is Cc1cc(NN)cc(C)c1S(=O)(=O)N(C)CC(C)O. The minimum Gasteiger partial charge on any atom is -0.392 e. The van der Waals surface area contributed by atoms with Crippen molar-refractivity contribution in [2.75, 3.05) is 19.0 Å². The lowest BCUT2D eigenvalue weighted by Gasteiger charge is -2.21. The van der Waals surface area contributed by atoms with E-state index >= 15 is 0 Å². The third-order valence-electron chi connectivity index (χ3n) is 2.82. The van der Waals surface area contributed by atoms with E-state index in [-0.39, 0.29) is 11.4 Å². The van der Waals surface area contributed by atoms with Crippen molar-refractivity contribution in [3.05, 3.63) is 23.3 Å². The van der Waals surface area contributed by atoms with E-state index in [2.05, 4.69) is 5.43 Å². The fourth-order valence-corrected chi connectivity index (χ4v) is 3.72. The second kappa shape index (κ2) is 5.87. The smallest absolute Gasteiger partial charge is 0.243 e. The third kappa shape index (κ3) is 3.44. The first kappa shape index (κ1) is 15.9.